The van der Waals surface area contributed by atoms with Crippen LogP contribution in [0.4, 0.5) is 23.5 Å². The molecule has 1 aliphatic carbocycles. The largest absolute Gasteiger partial charge is 0.495 e. The standard InChI is InChI=1S/C25H36N8O/c1-32-14-12-21(13-15-32)33(2)25-30-23(27-19-8-6-4-5-7-9-19)29-24(31-25)28-20-10-11-22(34-3)18(16-20)17-26/h10-11,16,19,21H,4-9,12-15H2,1-3H3,(H2,27,28,29,30,31). The number of piperidine rings is 1. The number of anilines is 4. The van der Waals surface area contributed by atoms with Gasteiger partial charge in [0.25, 0.3) is 0 Å². The normalized spacial score (nSPS) is 18.1. The van der Waals surface area contributed by atoms with E-state index in [-0.39, 0.29) is 0 Å². The minimum Gasteiger partial charge on any atom is -0.495 e. The Morgan fingerprint density at radius 3 is 2.41 bits per heavy atom. The topological polar surface area (TPSA) is 102 Å². The van der Waals surface area contributed by atoms with Crippen LogP contribution in [-0.2, 0) is 0 Å². The molecule has 1 aromatic heterocycles. The van der Waals surface area contributed by atoms with E-state index in [1.165, 1.54) is 25.7 Å². The van der Waals surface area contributed by atoms with Crippen molar-refractivity contribution in [2.75, 3.05) is 49.8 Å². The molecule has 1 aliphatic heterocycles. The molecule has 0 atom stereocenters. The fourth-order valence-electron chi connectivity index (χ4n) is 4.80. The summed E-state index contributed by atoms with van der Waals surface area (Å²) in [7, 11) is 5.80. The van der Waals surface area contributed by atoms with Gasteiger partial charge in [-0.05, 0) is 64.0 Å². The molecule has 9 heteroatoms. The van der Waals surface area contributed by atoms with Gasteiger partial charge in [0, 0.05) is 24.8 Å². The molecular formula is C25H36N8O. The van der Waals surface area contributed by atoms with E-state index in [4.69, 9.17) is 19.7 Å². The zero-order chi connectivity index (χ0) is 23.9. The number of rotatable bonds is 7. The van der Waals surface area contributed by atoms with Crippen LogP contribution < -0.4 is 20.3 Å². The number of aromatic nitrogens is 3. The van der Waals surface area contributed by atoms with E-state index in [0.29, 0.717) is 41.2 Å². The fraction of sp³-hybridized carbons (Fsp3) is 0.600. The summed E-state index contributed by atoms with van der Waals surface area (Å²) < 4.78 is 5.27. The van der Waals surface area contributed by atoms with Crippen LogP contribution in [0.25, 0.3) is 0 Å². The Kier molecular flexibility index (Phi) is 8.01. The second-order valence-electron chi connectivity index (χ2n) is 9.41. The van der Waals surface area contributed by atoms with Gasteiger partial charge in [-0.2, -0.15) is 20.2 Å². The number of likely N-dealkylation sites (tertiary alicyclic amines) is 1. The summed E-state index contributed by atoms with van der Waals surface area (Å²) in [6, 6.07) is 8.34. The van der Waals surface area contributed by atoms with E-state index in [1.54, 1.807) is 19.2 Å². The molecule has 0 unspecified atom stereocenters. The Bertz CT molecular complexity index is 991. The number of hydrogen-bond donors (Lipinski definition) is 2. The lowest BCUT2D eigenvalue weighted by atomic mass is 10.0. The highest BCUT2D eigenvalue weighted by atomic mass is 16.5. The zero-order valence-corrected chi connectivity index (χ0v) is 20.5. The first kappa shape index (κ1) is 24.0. The van der Waals surface area contributed by atoms with Crippen molar-refractivity contribution in [2.45, 2.75) is 63.5 Å². The van der Waals surface area contributed by atoms with Crippen molar-refractivity contribution >= 4 is 23.5 Å². The lowest BCUT2D eigenvalue weighted by Gasteiger charge is -2.35. The third-order valence-electron chi connectivity index (χ3n) is 6.94. The van der Waals surface area contributed by atoms with E-state index in [0.717, 1.165) is 44.5 Å². The number of benzene rings is 1. The van der Waals surface area contributed by atoms with Crippen molar-refractivity contribution in [3.8, 4) is 11.8 Å². The number of ether oxygens (including phenoxy) is 1. The number of nitrogens with one attached hydrogen (secondary N) is 2. The second kappa shape index (κ2) is 11.3. The highest BCUT2D eigenvalue weighted by Gasteiger charge is 2.24. The molecule has 0 bridgehead atoms. The van der Waals surface area contributed by atoms with E-state index in [1.807, 2.05) is 6.07 Å². The molecule has 34 heavy (non-hydrogen) atoms. The molecular weight excluding hydrogens is 428 g/mol. The van der Waals surface area contributed by atoms with Crippen LogP contribution in [0.5, 0.6) is 5.75 Å². The summed E-state index contributed by atoms with van der Waals surface area (Å²) in [6.45, 7) is 2.14. The fourth-order valence-corrected chi connectivity index (χ4v) is 4.80. The second-order valence-corrected chi connectivity index (χ2v) is 9.41. The maximum Gasteiger partial charge on any atom is 0.233 e. The Morgan fingerprint density at radius 1 is 1.03 bits per heavy atom. The Hall–Kier alpha value is -3.12. The van der Waals surface area contributed by atoms with E-state index >= 15 is 0 Å². The Morgan fingerprint density at radius 2 is 1.74 bits per heavy atom. The van der Waals surface area contributed by atoms with Crippen molar-refractivity contribution in [1.29, 1.82) is 5.26 Å². The molecule has 2 aromatic rings. The number of methoxy groups -OCH3 is 1. The molecule has 1 saturated heterocycles. The summed E-state index contributed by atoms with van der Waals surface area (Å²) in [5.41, 5.74) is 1.19. The predicted octanol–water partition coefficient (Wildman–Crippen LogP) is 4.16. The molecule has 9 nitrogen and oxygen atoms in total. The summed E-state index contributed by atoms with van der Waals surface area (Å²) in [5, 5.41) is 16.3. The molecule has 1 saturated carbocycles. The lowest BCUT2D eigenvalue weighted by molar-refractivity contribution is 0.252. The third-order valence-corrected chi connectivity index (χ3v) is 6.94. The van der Waals surface area contributed by atoms with Crippen molar-refractivity contribution in [2.24, 2.45) is 0 Å². The smallest absolute Gasteiger partial charge is 0.233 e. The van der Waals surface area contributed by atoms with Crippen molar-refractivity contribution in [1.82, 2.24) is 19.9 Å². The monoisotopic (exact) mass is 464 g/mol. The van der Waals surface area contributed by atoms with Crippen molar-refractivity contribution < 1.29 is 4.74 Å². The van der Waals surface area contributed by atoms with Gasteiger partial charge in [-0.1, -0.05) is 25.7 Å². The Balaban J connectivity index is 1.60. The predicted molar refractivity (Wildman–Crippen MR) is 135 cm³/mol. The molecule has 2 heterocycles. The average Bonchev–Trinajstić information content (AvgIpc) is 3.12. The highest BCUT2D eigenvalue weighted by molar-refractivity contribution is 5.61. The lowest BCUT2D eigenvalue weighted by Crippen LogP contribution is -2.42. The molecule has 0 radical (unpaired) electrons. The number of nitrogens with zero attached hydrogens (tertiary/aromatic N) is 6. The average molecular weight is 465 g/mol. The minimum atomic E-state index is 0.380. The van der Waals surface area contributed by atoms with Crippen LogP contribution in [0.1, 0.15) is 56.9 Å². The van der Waals surface area contributed by atoms with Gasteiger partial charge in [0.1, 0.15) is 11.8 Å². The molecule has 2 N–H and O–H groups in total. The van der Waals surface area contributed by atoms with E-state index in [9.17, 15) is 5.26 Å². The molecule has 2 fully saturated rings. The molecule has 182 valence electrons. The minimum absolute atomic E-state index is 0.380. The quantitative estimate of drug-likeness (QED) is 0.585. The maximum atomic E-state index is 9.45. The summed E-state index contributed by atoms with van der Waals surface area (Å²) in [4.78, 5) is 18.8. The van der Waals surface area contributed by atoms with Gasteiger partial charge in [-0.15, -0.1) is 0 Å². The first-order chi connectivity index (χ1) is 16.6. The van der Waals surface area contributed by atoms with Crippen molar-refractivity contribution in [3.05, 3.63) is 23.8 Å². The van der Waals surface area contributed by atoms with Gasteiger partial charge in [-0.25, -0.2) is 0 Å². The highest BCUT2D eigenvalue weighted by Crippen LogP contribution is 2.26. The molecule has 0 spiro atoms. The van der Waals surface area contributed by atoms with Gasteiger partial charge in [-0.3, -0.25) is 0 Å². The maximum absolute atomic E-state index is 9.45. The van der Waals surface area contributed by atoms with Crippen LogP contribution in [0, 0.1) is 11.3 Å². The van der Waals surface area contributed by atoms with E-state index < -0.39 is 0 Å². The summed E-state index contributed by atoms with van der Waals surface area (Å²) >= 11 is 0. The van der Waals surface area contributed by atoms with Gasteiger partial charge in [0.15, 0.2) is 0 Å². The zero-order valence-electron chi connectivity index (χ0n) is 20.5. The van der Waals surface area contributed by atoms with Gasteiger partial charge >= 0.3 is 0 Å². The molecule has 4 rings (SSSR count). The molecule has 2 aliphatic rings. The SMILES string of the molecule is COc1ccc(Nc2nc(NC3CCCCCC3)nc(N(C)C3CCN(C)CC3)n2)cc1C#N. The van der Waals surface area contributed by atoms with Crippen LogP contribution in [0.2, 0.25) is 0 Å². The van der Waals surface area contributed by atoms with Crippen LogP contribution in [0.3, 0.4) is 0 Å². The van der Waals surface area contributed by atoms with Gasteiger partial charge < -0.3 is 25.2 Å². The molecule has 1 aromatic carbocycles. The Labute approximate surface area is 202 Å². The number of hydrogen-bond acceptors (Lipinski definition) is 9. The van der Waals surface area contributed by atoms with E-state index in [2.05, 4.69) is 40.6 Å². The summed E-state index contributed by atoms with van der Waals surface area (Å²) in [5.74, 6) is 2.28. The van der Waals surface area contributed by atoms with Crippen LogP contribution >= 0.6 is 0 Å². The first-order valence-electron chi connectivity index (χ1n) is 12.3. The van der Waals surface area contributed by atoms with Gasteiger partial charge in [0.05, 0.1) is 12.7 Å². The first-order valence-corrected chi connectivity index (χ1v) is 12.3. The van der Waals surface area contributed by atoms with Crippen molar-refractivity contribution in [3.63, 3.8) is 0 Å². The van der Waals surface area contributed by atoms with Crippen LogP contribution in [0.15, 0.2) is 18.2 Å². The van der Waals surface area contributed by atoms with Crippen LogP contribution in [-0.4, -0.2) is 66.2 Å². The molecule has 0 amide bonds. The van der Waals surface area contributed by atoms with Gasteiger partial charge in [0.2, 0.25) is 17.8 Å². The third kappa shape index (κ3) is 6.06. The summed E-state index contributed by atoms with van der Waals surface area (Å²) in [6.07, 6.45) is 9.50. The number of nitriles is 1.